The number of benzene rings is 2. The molecule has 0 atom stereocenters. The molecule has 2 aromatic carbocycles. The number of aldehydes is 1. The van der Waals surface area contributed by atoms with Crippen LogP contribution in [0, 0.1) is 0 Å². The molecule has 0 unspecified atom stereocenters. The number of nitrogens with zero attached hydrogens (tertiary/aromatic N) is 1. The van der Waals surface area contributed by atoms with Gasteiger partial charge in [0.2, 0.25) is 5.91 Å². The second-order valence-electron chi connectivity index (χ2n) is 4.91. The third kappa shape index (κ3) is 3.54. The summed E-state index contributed by atoms with van der Waals surface area (Å²) in [5.41, 5.74) is 1.80. The van der Waals surface area contributed by atoms with Gasteiger partial charge in [-0.1, -0.05) is 12.1 Å². The molecule has 5 nitrogen and oxygen atoms in total. The fraction of sp³-hybridized carbons (Fsp3) is 0.118. The Balaban J connectivity index is 1.74. The van der Waals surface area contributed by atoms with Gasteiger partial charge in [-0.25, -0.2) is 4.98 Å². The molecule has 0 fully saturated rings. The molecule has 0 bridgehead atoms. The van der Waals surface area contributed by atoms with Gasteiger partial charge in [0.1, 0.15) is 17.4 Å². The molecule has 0 radical (unpaired) electrons. The Bertz CT molecular complexity index is 840. The highest BCUT2D eigenvalue weighted by atomic mass is 32.1. The first-order valence-corrected chi connectivity index (χ1v) is 7.81. The summed E-state index contributed by atoms with van der Waals surface area (Å²) < 4.78 is 6.81. The standard InChI is InChI=1S/C17H14N2O3S/c1-11(21)18-14-7-6-13(8-12(14)9-20)22-10-17-19-15-4-2-3-5-16(15)23-17/h2-9H,10H2,1H3,(H,18,21). The molecule has 1 aromatic heterocycles. The molecular weight excluding hydrogens is 312 g/mol. The first-order valence-electron chi connectivity index (χ1n) is 7.00. The number of thiazole rings is 1. The Labute approximate surface area is 136 Å². The highest BCUT2D eigenvalue weighted by Gasteiger charge is 2.07. The van der Waals surface area contributed by atoms with E-state index < -0.39 is 0 Å². The number of nitrogens with one attached hydrogen (secondary N) is 1. The number of carbonyl (C=O) groups is 2. The summed E-state index contributed by atoms with van der Waals surface area (Å²) >= 11 is 1.58. The summed E-state index contributed by atoms with van der Waals surface area (Å²) in [4.78, 5) is 26.7. The number of fused-ring (bicyclic) bond motifs is 1. The molecule has 0 spiro atoms. The van der Waals surface area contributed by atoms with Crippen LogP contribution in [0.4, 0.5) is 5.69 Å². The topological polar surface area (TPSA) is 68.3 Å². The second kappa shape index (κ2) is 6.58. The molecule has 1 N–H and O–H groups in total. The first kappa shape index (κ1) is 15.2. The maximum atomic E-state index is 11.1. The van der Waals surface area contributed by atoms with Crippen LogP contribution in [0.5, 0.6) is 5.75 Å². The minimum atomic E-state index is -0.226. The van der Waals surface area contributed by atoms with E-state index >= 15 is 0 Å². The number of hydrogen-bond acceptors (Lipinski definition) is 5. The summed E-state index contributed by atoms with van der Waals surface area (Å²) in [5.74, 6) is 0.330. The summed E-state index contributed by atoms with van der Waals surface area (Å²) in [5, 5.41) is 3.47. The van der Waals surface area contributed by atoms with Gasteiger partial charge in [-0.05, 0) is 30.3 Å². The summed E-state index contributed by atoms with van der Waals surface area (Å²) in [6.07, 6.45) is 0.690. The number of anilines is 1. The van der Waals surface area contributed by atoms with Crippen LogP contribution in [0.15, 0.2) is 42.5 Å². The molecule has 0 aliphatic carbocycles. The smallest absolute Gasteiger partial charge is 0.221 e. The van der Waals surface area contributed by atoms with Crippen LogP contribution in [-0.4, -0.2) is 17.2 Å². The van der Waals surface area contributed by atoms with E-state index in [-0.39, 0.29) is 5.91 Å². The SMILES string of the molecule is CC(=O)Nc1ccc(OCc2nc3ccccc3s2)cc1C=O. The third-order valence-electron chi connectivity index (χ3n) is 3.16. The first-order chi connectivity index (χ1) is 11.2. The van der Waals surface area contributed by atoms with Crippen molar-refractivity contribution in [2.24, 2.45) is 0 Å². The number of hydrogen-bond donors (Lipinski definition) is 1. The molecule has 1 amide bonds. The highest BCUT2D eigenvalue weighted by molar-refractivity contribution is 7.18. The van der Waals surface area contributed by atoms with E-state index in [1.807, 2.05) is 24.3 Å². The van der Waals surface area contributed by atoms with Gasteiger partial charge < -0.3 is 10.1 Å². The second-order valence-corrected chi connectivity index (χ2v) is 6.03. The van der Waals surface area contributed by atoms with Crippen molar-refractivity contribution >= 4 is 39.4 Å². The minimum Gasteiger partial charge on any atom is -0.486 e. The quantitative estimate of drug-likeness (QED) is 0.727. The van der Waals surface area contributed by atoms with Crippen molar-refractivity contribution in [2.75, 3.05) is 5.32 Å². The van der Waals surface area contributed by atoms with Crippen molar-refractivity contribution in [3.8, 4) is 5.75 Å². The van der Waals surface area contributed by atoms with Gasteiger partial charge in [0.05, 0.1) is 15.9 Å². The van der Waals surface area contributed by atoms with Gasteiger partial charge in [-0.3, -0.25) is 9.59 Å². The Morgan fingerprint density at radius 3 is 2.87 bits per heavy atom. The monoisotopic (exact) mass is 326 g/mol. The van der Waals surface area contributed by atoms with Gasteiger partial charge in [-0.2, -0.15) is 0 Å². The number of carbonyl (C=O) groups excluding carboxylic acids is 2. The zero-order chi connectivity index (χ0) is 16.2. The predicted molar refractivity (Wildman–Crippen MR) is 90.1 cm³/mol. The summed E-state index contributed by atoms with van der Waals surface area (Å²) in [6, 6.07) is 12.9. The van der Waals surface area contributed by atoms with Crippen LogP contribution in [0.1, 0.15) is 22.3 Å². The lowest BCUT2D eigenvalue weighted by Crippen LogP contribution is -2.08. The molecule has 116 valence electrons. The van der Waals surface area contributed by atoms with Crippen LogP contribution in [-0.2, 0) is 11.4 Å². The lowest BCUT2D eigenvalue weighted by Gasteiger charge is -2.09. The van der Waals surface area contributed by atoms with Gasteiger partial charge in [0.15, 0.2) is 6.29 Å². The summed E-state index contributed by atoms with van der Waals surface area (Å²) in [6.45, 7) is 1.73. The largest absolute Gasteiger partial charge is 0.486 e. The molecule has 0 aliphatic rings. The van der Waals surface area contributed by atoms with Crippen molar-refractivity contribution in [3.05, 3.63) is 53.0 Å². The fourth-order valence-corrected chi connectivity index (χ4v) is 3.04. The molecule has 6 heteroatoms. The Kier molecular flexibility index (Phi) is 4.34. The Morgan fingerprint density at radius 1 is 1.30 bits per heavy atom. The number of amides is 1. The van der Waals surface area contributed by atoms with Crippen molar-refractivity contribution in [2.45, 2.75) is 13.5 Å². The number of rotatable bonds is 5. The van der Waals surface area contributed by atoms with E-state index in [1.54, 1.807) is 29.5 Å². The van der Waals surface area contributed by atoms with Crippen molar-refractivity contribution in [1.29, 1.82) is 0 Å². The number of para-hydroxylation sites is 1. The van der Waals surface area contributed by atoms with Gasteiger partial charge in [0, 0.05) is 12.5 Å². The summed E-state index contributed by atoms with van der Waals surface area (Å²) in [7, 11) is 0. The van der Waals surface area contributed by atoms with E-state index in [0.29, 0.717) is 29.9 Å². The van der Waals surface area contributed by atoms with Crippen molar-refractivity contribution in [1.82, 2.24) is 4.98 Å². The Hall–Kier alpha value is -2.73. The van der Waals surface area contributed by atoms with E-state index in [4.69, 9.17) is 4.74 Å². The van der Waals surface area contributed by atoms with E-state index in [0.717, 1.165) is 15.2 Å². The van der Waals surface area contributed by atoms with E-state index in [1.165, 1.54) is 6.92 Å². The Morgan fingerprint density at radius 2 is 2.13 bits per heavy atom. The van der Waals surface area contributed by atoms with Gasteiger partial charge in [-0.15, -0.1) is 11.3 Å². The average Bonchev–Trinajstić information content (AvgIpc) is 2.96. The van der Waals surface area contributed by atoms with Crippen LogP contribution < -0.4 is 10.1 Å². The molecule has 3 aromatic rings. The lowest BCUT2D eigenvalue weighted by atomic mass is 10.2. The number of ether oxygens (including phenoxy) is 1. The van der Waals surface area contributed by atoms with E-state index in [2.05, 4.69) is 10.3 Å². The van der Waals surface area contributed by atoms with Gasteiger partial charge in [0.25, 0.3) is 0 Å². The number of aromatic nitrogens is 1. The predicted octanol–water partition coefficient (Wildman–Crippen LogP) is 3.65. The average molecular weight is 326 g/mol. The maximum absolute atomic E-state index is 11.1. The van der Waals surface area contributed by atoms with Gasteiger partial charge >= 0.3 is 0 Å². The van der Waals surface area contributed by atoms with Crippen LogP contribution in [0.2, 0.25) is 0 Å². The fourth-order valence-electron chi connectivity index (χ4n) is 2.16. The molecular formula is C17H14N2O3S. The van der Waals surface area contributed by atoms with Crippen LogP contribution in [0.3, 0.4) is 0 Å². The minimum absolute atomic E-state index is 0.226. The van der Waals surface area contributed by atoms with Crippen molar-refractivity contribution < 1.29 is 14.3 Å². The molecule has 0 aliphatic heterocycles. The zero-order valence-corrected chi connectivity index (χ0v) is 13.2. The molecule has 0 saturated heterocycles. The van der Waals surface area contributed by atoms with E-state index in [9.17, 15) is 9.59 Å². The zero-order valence-electron chi connectivity index (χ0n) is 12.4. The van der Waals surface area contributed by atoms with Crippen LogP contribution in [0.25, 0.3) is 10.2 Å². The molecule has 23 heavy (non-hydrogen) atoms. The molecule has 1 heterocycles. The normalized spacial score (nSPS) is 10.5. The van der Waals surface area contributed by atoms with Crippen LogP contribution >= 0.6 is 11.3 Å². The lowest BCUT2D eigenvalue weighted by molar-refractivity contribution is -0.114. The van der Waals surface area contributed by atoms with Crippen molar-refractivity contribution in [3.63, 3.8) is 0 Å². The molecule has 0 saturated carbocycles. The highest BCUT2D eigenvalue weighted by Crippen LogP contribution is 2.25. The third-order valence-corrected chi connectivity index (χ3v) is 4.17. The molecule has 3 rings (SSSR count). The maximum Gasteiger partial charge on any atom is 0.221 e.